The van der Waals surface area contributed by atoms with Gasteiger partial charge in [-0.15, -0.1) is 0 Å². The largest absolute Gasteiger partial charge is 0.459 e. The zero-order valence-electron chi connectivity index (χ0n) is 37.6. The topological polar surface area (TPSA) is 196 Å². The van der Waals surface area contributed by atoms with Crippen molar-refractivity contribution in [2.24, 2.45) is 23.7 Å². The monoisotopic (exact) mass is 835 g/mol. The molecule has 4 aliphatic rings. The number of aliphatic hydroxyl groups excluding tert-OH is 2. The molecule has 0 aromatic carbocycles. The lowest BCUT2D eigenvalue weighted by atomic mass is 9.71. The van der Waals surface area contributed by atoms with Crippen molar-refractivity contribution in [2.75, 3.05) is 48.1 Å². The van der Waals surface area contributed by atoms with Gasteiger partial charge in [0.25, 0.3) is 0 Å². The number of hydrogen-bond acceptors (Lipinski definition) is 16. The molecule has 4 fully saturated rings. The molecule has 16 nitrogen and oxygen atoms in total. The molecule has 0 aromatic rings. The van der Waals surface area contributed by atoms with Gasteiger partial charge in [0.15, 0.2) is 12.6 Å². The van der Waals surface area contributed by atoms with E-state index in [-0.39, 0.29) is 55.9 Å². The van der Waals surface area contributed by atoms with Crippen molar-refractivity contribution in [3.05, 3.63) is 0 Å². The van der Waals surface area contributed by atoms with E-state index in [1.807, 2.05) is 53.6 Å². The van der Waals surface area contributed by atoms with E-state index >= 15 is 0 Å². The van der Waals surface area contributed by atoms with Crippen LogP contribution in [0.5, 0.6) is 0 Å². The summed E-state index contributed by atoms with van der Waals surface area (Å²) in [6.07, 6.45) is -8.29. The van der Waals surface area contributed by atoms with Crippen molar-refractivity contribution in [1.82, 2.24) is 10.2 Å². The second kappa shape index (κ2) is 20.4. The number of aliphatic hydroxyl groups is 4. The summed E-state index contributed by atoms with van der Waals surface area (Å²) >= 11 is 0. The van der Waals surface area contributed by atoms with Crippen molar-refractivity contribution in [3.63, 3.8) is 0 Å². The number of carbonyl (C=O) groups is 1. The van der Waals surface area contributed by atoms with E-state index in [4.69, 9.17) is 42.6 Å². The summed E-state index contributed by atoms with van der Waals surface area (Å²) in [5.41, 5.74) is -4.27. The van der Waals surface area contributed by atoms with Gasteiger partial charge in [0.05, 0.1) is 67.5 Å². The Morgan fingerprint density at radius 2 is 1.59 bits per heavy atom. The molecular weight excluding hydrogens is 756 g/mol. The molecule has 5 N–H and O–H groups in total. The van der Waals surface area contributed by atoms with E-state index in [1.165, 1.54) is 7.11 Å². The van der Waals surface area contributed by atoms with Crippen molar-refractivity contribution in [3.8, 4) is 0 Å². The van der Waals surface area contributed by atoms with Gasteiger partial charge in [0.1, 0.15) is 30.1 Å². The van der Waals surface area contributed by atoms with E-state index in [0.29, 0.717) is 19.6 Å². The molecule has 0 aliphatic carbocycles. The number of methoxy groups -OCH3 is 2. The second-order valence-electron chi connectivity index (χ2n) is 18.6. The molecule has 0 amide bonds. The highest BCUT2D eigenvalue weighted by atomic mass is 16.7. The number of likely N-dealkylation sites (N-methyl/N-ethyl adjacent to an activating group) is 1. The summed E-state index contributed by atoms with van der Waals surface area (Å²) in [6, 6.07) is -0.593. The molecule has 0 radical (unpaired) electrons. The van der Waals surface area contributed by atoms with Crippen molar-refractivity contribution < 1.29 is 67.9 Å². The third-order valence-corrected chi connectivity index (χ3v) is 13.5. The third-order valence-electron chi connectivity index (χ3n) is 13.5. The van der Waals surface area contributed by atoms with Gasteiger partial charge in [0, 0.05) is 44.6 Å². The highest BCUT2D eigenvalue weighted by molar-refractivity contribution is 5.73. The first-order chi connectivity index (χ1) is 27.0. The molecule has 0 aromatic heterocycles. The molecular formula is C42H78N2O14. The Morgan fingerprint density at radius 1 is 0.914 bits per heavy atom. The first-order valence-electron chi connectivity index (χ1n) is 21.4. The molecule has 20 atom stereocenters. The summed E-state index contributed by atoms with van der Waals surface area (Å²) < 4.78 is 55.7. The van der Waals surface area contributed by atoms with Crippen LogP contribution in [0.3, 0.4) is 0 Å². The summed E-state index contributed by atoms with van der Waals surface area (Å²) in [4.78, 5) is 16.4. The van der Waals surface area contributed by atoms with E-state index in [9.17, 15) is 25.2 Å². The Labute approximate surface area is 346 Å². The highest BCUT2D eigenvalue weighted by Gasteiger charge is 2.55. The molecule has 11 unspecified atom stereocenters. The minimum Gasteiger partial charge on any atom is -0.459 e. The average molecular weight is 835 g/mol. The minimum absolute atomic E-state index is 0.137. The molecule has 16 heteroatoms. The first kappa shape index (κ1) is 49.6. The SMILES string of the molecule is CCC1OC(=O)C(C)[C@H](O[C@@H]2C[C@@](C)(OC)C(O)C(C)O2)C(C)C(O[C@H]2OC(C)CC(N(C)C)C2O)[C@](C)(O)C[C@H](C)[C@H]2NC(COCCOC)O[C@@H](C2C)[C@]1(C)O. The van der Waals surface area contributed by atoms with Gasteiger partial charge >= 0.3 is 5.97 Å². The quantitative estimate of drug-likeness (QED) is 0.142. The van der Waals surface area contributed by atoms with Gasteiger partial charge in [-0.1, -0.05) is 27.7 Å². The molecule has 4 heterocycles. The van der Waals surface area contributed by atoms with Crippen LogP contribution in [0.4, 0.5) is 0 Å². The summed E-state index contributed by atoms with van der Waals surface area (Å²) in [5.74, 6) is -2.95. The fourth-order valence-electron chi connectivity index (χ4n) is 10.0. The zero-order chi connectivity index (χ0) is 43.5. The van der Waals surface area contributed by atoms with Gasteiger partial charge < -0.3 is 68.0 Å². The van der Waals surface area contributed by atoms with Crippen LogP contribution < -0.4 is 5.32 Å². The number of hydrogen-bond donors (Lipinski definition) is 5. The molecule has 4 saturated heterocycles. The Morgan fingerprint density at radius 3 is 2.19 bits per heavy atom. The molecule has 0 saturated carbocycles. The summed E-state index contributed by atoms with van der Waals surface area (Å²) in [5, 5.41) is 51.5. The van der Waals surface area contributed by atoms with Crippen molar-refractivity contribution >= 4 is 5.97 Å². The van der Waals surface area contributed by atoms with Crippen LogP contribution in [-0.2, 0) is 47.4 Å². The van der Waals surface area contributed by atoms with Gasteiger partial charge in [-0.25, -0.2) is 0 Å². The van der Waals surface area contributed by atoms with Crippen LogP contribution in [0.2, 0.25) is 0 Å². The van der Waals surface area contributed by atoms with Gasteiger partial charge in [-0.05, 0) is 80.8 Å². The lowest BCUT2D eigenvalue weighted by Gasteiger charge is -2.52. The third kappa shape index (κ3) is 11.1. The molecule has 4 rings (SSSR count). The van der Waals surface area contributed by atoms with Crippen LogP contribution in [-0.4, -0.2) is 176 Å². The molecule has 0 spiro atoms. The van der Waals surface area contributed by atoms with Gasteiger partial charge in [-0.2, -0.15) is 0 Å². The zero-order valence-corrected chi connectivity index (χ0v) is 37.6. The number of fused-ring (bicyclic) bond motifs is 2. The Bertz CT molecular complexity index is 1290. The fraction of sp³-hybridized carbons (Fsp3) is 0.976. The van der Waals surface area contributed by atoms with E-state index < -0.39 is 96.1 Å². The number of rotatable bonds is 12. The maximum absolute atomic E-state index is 14.5. The van der Waals surface area contributed by atoms with Gasteiger partial charge in [-0.3, -0.25) is 10.1 Å². The fourth-order valence-corrected chi connectivity index (χ4v) is 10.0. The van der Waals surface area contributed by atoms with E-state index in [1.54, 1.807) is 41.7 Å². The summed E-state index contributed by atoms with van der Waals surface area (Å²) in [7, 11) is 6.90. The first-order valence-corrected chi connectivity index (χ1v) is 21.4. The van der Waals surface area contributed by atoms with E-state index in [0.717, 1.165) is 0 Å². The number of nitrogens with one attached hydrogen (secondary N) is 1. The number of nitrogens with zero attached hydrogens (tertiary/aromatic N) is 1. The molecule has 58 heavy (non-hydrogen) atoms. The maximum atomic E-state index is 14.5. The second-order valence-corrected chi connectivity index (χ2v) is 18.6. The Hall–Kier alpha value is -1.09. The Kier molecular flexibility index (Phi) is 17.4. The summed E-state index contributed by atoms with van der Waals surface area (Å²) in [6.45, 7) is 19.1. The normalized spacial score (nSPS) is 48.7. The van der Waals surface area contributed by atoms with Crippen LogP contribution in [0.15, 0.2) is 0 Å². The maximum Gasteiger partial charge on any atom is 0.311 e. The van der Waals surface area contributed by atoms with Crippen LogP contribution in [0, 0.1) is 23.7 Å². The lowest BCUT2D eigenvalue weighted by molar-refractivity contribution is -0.318. The van der Waals surface area contributed by atoms with Crippen LogP contribution >= 0.6 is 0 Å². The van der Waals surface area contributed by atoms with Crippen LogP contribution in [0.1, 0.15) is 94.9 Å². The standard InChI is InChI=1S/C42H78N2O14/c1-15-29-42(10,49)37-24(4)32(43-30(56-37)21-52-17-16-50-13)22(2)19-40(8,48)36(58-39-33(45)28(44(11)12)18-23(3)53-39)25(5)34(26(6)38(47)55-29)57-31-20-41(9,51-14)35(46)27(7)54-31/h22-37,39,43,45-46,48-49H,15-21H2,1-14H3/t22-,23?,24?,25?,26?,27?,28?,29?,30?,31+,32+,33?,34+,35?,36?,37-,39+,40+,41+,42+/m0/s1. The minimum atomic E-state index is -1.64. The molecule has 4 aliphatic heterocycles. The number of cyclic esters (lactones) is 1. The molecule has 2 bridgehead atoms. The van der Waals surface area contributed by atoms with Gasteiger partial charge in [0.2, 0.25) is 0 Å². The number of ether oxygens (including phenoxy) is 9. The predicted octanol–water partition coefficient (Wildman–Crippen LogP) is 2.20. The molecule has 340 valence electrons. The smallest absolute Gasteiger partial charge is 0.311 e. The van der Waals surface area contributed by atoms with Crippen molar-refractivity contribution in [2.45, 2.75) is 191 Å². The Balaban J connectivity index is 1.83. The number of esters is 1. The van der Waals surface area contributed by atoms with Crippen LogP contribution in [0.25, 0.3) is 0 Å². The predicted molar refractivity (Wildman–Crippen MR) is 214 cm³/mol. The highest BCUT2D eigenvalue weighted by Crippen LogP contribution is 2.43. The number of carbonyl (C=O) groups excluding carboxylic acids is 1. The average Bonchev–Trinajstić information content (AvgIpc) is 3.15. The lowest BCUT2D eigenvalue weighted by Crippen LogP contribution is -2.67. The van der Waals surface area contributed by atoms with Crippen molar-refractivity contribution in [1.29, 1.82) is 0 Å². The van der Waals surface area contributed by atoms with E-state index in [2.05, 4.69) is 5.32 Å².